The highest BCUT2D eigenvalue weighted by Gasteiger charge is 1.99. The van der Waals surface area contributed by atoms with E-state index in [9.17, 15) is 14.4 Å². The third-order valence-corrected chi connectivity index (χ3v) is 0.856. The monoisotopic (exact) mass is 157 g/mol. The van der Waals surface area contributed by atoms with Gasteiger partial charge in [0, 0.05) is 6.92 Å². The van der Waals surface area contributed by atoms with Crippen molar-refractivity contribution < 1.29 is 14.4 Å². The average molecular weight is 157 g/mol. The summed E-state index contributed by atoms with van der Waals surface area (Å²) in [6.07, 6.45) is 1.49. The fourth-order valence-corrected chi connectivity index (χ4v) is 0.402. The summed E-state index contributed by atoms with van der Waals surface area (Å²) in [6, 6.07) is 0. The standard InChI is InChI=1S/C6H9N2O3/c1-5(10)8-4-6(11)7-2-3-9/h2,4H2,1H3,(H,7,11)(H,8,10). The molecule has 0 atom stereocenters. The molecule has 2 amide bonds. The van der Waals surface area contributed by atoms with Gasteiger partial charge in [-0.3, -0.25) is 14.4 Å². The van der Waals surface area contributed by atoms with Gasteiger partial charge in [0.1, 0.15) is 0 Å². The molecule has 0 aliphatic heterocycles. The van der Waals surface area contributed by atoms with Crippen LogP contribution >= 0.6 is 0 Å². The molecule has 0 fully saturated rings. The molecule has 0 aliphatic carbocycles. The van der Waals surface area contributed by atoms with E-state index < -0.39 is 5.91 Å². The van der Waals surface area contributed by atoms with Crippen LogP contribution in [0.25, 0.3) is 0 Å². The minimum atomic E-state index is -0.399. The highest BCUT2D eigenvalue weighted by molar-refractivity contribution is 5.84. The summed E-state index contributed by atoms with van der Waals surface area (Å²) in [4.78, 5) is 30.5. The van der Waals surface area contributed by atoms with Crippen LogP contribution in [-0.2, 0) is 14.4 Å². The number of nitrogens with one attached hydrogen (secondary N) is 2. The zero-order valence-electron chi connectivity index (χ0n) is 6.14. The largest absolute Gasteiger partial charge is 0.347 e. The average Bonchev–Trinajstić information content (AvgIpc) is 1.97. The number of hydrogen-bond acceptors (Lipinski definition) is 3. The number of amides is 2. The van der Waals surface area contributed by atoms with Gasteiger partial charge in [-0.25, -0.2) is 0 Å². The number of hydrogen-bond donors (Lipinski definition) is 2. The smallest absolute Gasteiger partial charge is 0.239 e. The van der Waals surface area contributed by atoms with Crippen LogP contribution in [0.3, 0.4) is 0 Å². The maximum atomic E-state index is 10.6. The number of carbonyl (C=O) groups excluding carboxylic acids is 3. The molecule has 0 aromatic rings. The van der Waals surface area contributed by atoms with Gasteiger partial charge in [-0.1, -0.05) is 0 Å². The lowest BCUT2D eigenvalue weighted by atomic mass is 10.5. The molecule has 0 rings (SSSR count). The van der Waals surface area contributed by atoms with Crippen molar-refractivity contribution in [2.24, 2.45) is 0 Å². The van der Waals surface area contributed by atoms with E-state index in [2.05, 4.69) is 10.6 Å². The first-order valence-corrected chi connectivity index (χ1v) is 3.03. The van der Waals surface area contributed by atoms with Crippen LogP contribution in [0.5, 0.6) is 0 Å². The first kappa shape index (κ1) is 9.61. The van der Waals surface area contributed by atoms with Crippen LogP contribution in [0.15, 0.2) is 0 Å². The van der Waals surface area contributed by atoms with Gasteiger partial charge in [0.15, 0.2) is 0 Å². The van der Waals surface area contributed by atoms with Crippen molar-refractivity contribution in [2.75, 3.05) is 13.1 Å². The second-order valence-corrected chi connectivity index (χ2v) is 1.83. The first-order valence-electron chi connectivity index (χ1n) is 3.03. The molecule has 2 N–H and O–H groups in total. The van der Waals surface area contributed by atoms with E-state index in [-0.39, 0.29) is 19.0 Å². The third kappa shape index (κ3) is 6.50. The molecule has 11 heavy (non-hydrogen) atoms. The summed E-state index contributed by atoms with van der Waals surface area (Å²) in [6.45, 7) is 1.06. The van der Waals surface area contributed by atoms with Crippen LogP contribution in [0.1, 0.15) is 6.92 Å². The van der Waals surface area contributed by atoms with Crippen molar-refractivity contribution in [3.05, 3.63) is 0 Å². The van der Waals surface area contributed by atoms with Crippen LogP contribution in [0, 0.1) is 0 Å². The summed E-state index contributed by atoms with van der Waals surface area (Å²) in [7, 11) is 0. The molecule has 0 saturated heterocycles. The van der Waals surface area contributed by atoms with Crippen molar-refractivity contribution in [1.82, 2.24) is 10.6 Å². The molecular formula is C6H9N2O3. The van der Waals surface area contributed by atoms with Gasteiger partial charge < -0.3 is 10.6 Å². The van der Waals surface area contributed by atoms with Gasteiger partial charge in [-0.05, 0) is 0 Å². The fourth-order valence-electron chi connectivity index (χ4n) is 0.402. The Morgan fingerprint density at radius 1 is 1.36 bits per heavy atom. The molecule has 0 heterocycles. The van der Waals surface area contributed by atoms with Gasteiger partial charge in [-0.2, -0.15) is 0 Å². The lowest BCUT2D eigenvalue weighted by molar-refractivity contribution is -0.124. The summed E-state index contributed by atoms with van der Waals surface area (Å²) < 4.78 is 0. The van der Waals surface area contributed by atoms with E-state index in [0.29, 0.717) is 0 Å². The van der Waals surface area contributed by atoms with E-state index in [1.807, 2.05) is 0 Å². The van der Waals surface area contributed by atoms with Gasteiger partial charge in [0.25, 0.3) is 0 Å². The topological polar surface area (TPSA) is 75.3 Å². The summed E-state index contributed by atoms with van der Waals surface area (Å²) in [5.74, 6) is -0.682. The summed E-state index contributed by atoms with van der Waals surface area (Å²) in [5.41, 5.74) is 0. The Balaban J connectivity index is 3.37. The second-order valence-electron chi connectivity index (χ2n) is 1.83. The molecular weight excluding hydrogens is 148 g/mol. The van der Waals surface area contributed by atoms with Gasteiger partial charge in [0.05, 0.1) is 13.1 Å². The Bertz CT molecular complexity index is 167. The van der Waals surface area contributed by atoms with Crippen molar-refractivity contribution in [3.8, 4) is 0 Å². The van der Waals surface area contributed by atoms with E-state index in [1.165, 1.54) is 13.2 Å². The highest BCUT2D eigenvalue weighted by Crippen LogP contribution is 1.63. The zero-order valence-corrected chi connectivity index (χ0v) is 6.14. The second kappa shape index (κ2) is 5.40. The van der Waals surface area contributed by atoms with Gasteiger partial charge in [-0.15, -0.1) is 0 Å². The Hall–Kier alpha value is -1.39. The van der Waals surface area contributed by atoms with E-state index >= 15 is 0 Å². The highest BCUT2D eigenvalue weighted by atomic mass is 16.2. The molecule has 5 heteroatoms. The van der Waals surface area contributed by atoms with Crippen LogP contribution in [-0.4, -0.2) is 31.2 Å². The van der Waals surface area contributed by atoms with Crippen molar-refractivity contribution in [3.63, 3.8) is 0 Å². The summed E-state index contributed by atoms with van der Waals surface area (Å²) >= 11 is 0. The van der Waals surface area contributed by atoms with Crippen molar-refractivity contribution in [2.45, 2.75) is 6.92 Å². The Morgan fingerprint density at radius 2 is 2.00 bits per heavy atom. The van der Waals surface area contributed by atoms with Crippen LogP contribution in [0.4, 0.5) is 0 Å². The zero-order chi connectivity index (χ0) is 8.69. The minimum absolute atomic E-state index is 0.100. The molecule has 61 valence electrons. The maximum Gasteiger partial charge on any atom is 0.239 e. The number of carbonyl (C=O) groups is 2. The predicted octanol–water partition coefficient (Wildman–Crippen LogP) is -1.65. The molecule has 1 radical (unpaired) electrons. The lowest BCUT2D eigenvalue weighted by Crippen LogP contribution is -2.36. The first-order chi connectivity index (χ1) is 5.16. The van der Waals surface area contributed by atoms with Crippen molar-refractivity contribution in [1.29, 1.82) is 0 Å². The van der Waals surface area contributed by atoms with Crippen LogP contribution in [0.2, 0.25) is 0 Å². The lowest BCUT2D eigenvalue weighted by Gasteiger charge is -2.00. The molecule has 0 bridgehead atoms. The Morgan fingerprint density at radius 3 is 2.45 bits per heavy atom. The van der Waals surface area contributed by atoms with Crippen LogP contribution < -0.4 is 10.6 Å². The molecule has 0 aromatic carbocycles. The van der Waals surface area contributed by atoms with E-state index in [4.69, 9.17) is 0 Å². The minimum Gasteiger partial charge on any atom is -0.347 e. The third-order valence-electron chi connectivity index (χ3n) is 0.856. The molecule has 0 aromatic heterocycles. The molecule has 0 aliphatic rings. The van der Waals surface area contributed by atoms with Crippen molar-refractivity contribution >= 4 is 18.1 Å². The van der Waals surface area contributed by atoms with Gasteiger partial charge in [0.2, 0.25) is 18.1 Å². The predicted molar refractivity (Wildman–Crippen MR) is 37.4 cm³/mol. The molecule has 0 saturated carbocycles. The quantitative estimate of drug-likeness (QED) is 0.513. The summed E-state index contributed by atoms with van der Waals surface area (Å²) in [5, 5.41) is 4.48. The SMILES string of the molecule is CC(=O)NCC(=O)NC[C]=O. The van der Waals surface area contributed by atoms with E-state index in [1.54, 1.807) is 0 Å². The normalized spacial score (nSPS) is 8.45. The number of rotatable bonds is 4. The van der Waals surface area contributed by atoms with Gasteiger partial charge >= 0.3 is 0 Å². The molecule has 0 spiro atoms. The molecule has 0 unspecified atom stereocenters. The fraction of sp³-hybridized carbons (Fsp3) is 0.500. The maximum absolute atomic E-state index is 10.6. The Kier molecular flexibility index (Phi) is 4.72. The Labute approximate surface area is 64.1 Å². The van der Waals surface area contributed by atoms with E-state index in [0.717, 1.165) is 0 Å². The molecule has 5 nitrogen and oxygen atoms in total.